The van der Waals surface area contributed by atoms with Crippen molar-refractivity contribution in [1.82, 2.24) is 15.1 Å². The Bertz CT molecular complexity index is 300. The zero-order chi connectivity index (χ0) is 14.3. The minimum atomic E-state index is 0.0699. The molecule has 1 fully saturated rings. The van der Waals surface area contributed by atoms with E-state index in [1.807, 2.05) is 4.90 Å². The first-order valence-electron chi connectivity index (χ1n) is 6.75. The van der Waals surface area contributed by atoms with Crippen LogP contribution in [0.25, 0.3) is 0 Å². The van der Waals surface area contributed by atoms with Crippen molar-refractivity contribution in [3.05, 3.63) is 0 Å². The van der Waals surface area contributed by atoms with Crippen LogP contribution >= 0.6 is 0 Å². The Morgan fingerprint density at radius 3 is 2.47 bits per heavy atom. The predicted octanol–water partition coefficient (Wildman–Crippen LogP) is -0.451. The van der Waals surface area contributed by atoms with E-state index in [9.17, 15) is 9.59 Å². The number of nitrogens with one attached hydrogen (secondary N) is 1. The molecule has 1 aliphatic heterocycles. The molecule has 0 aromatic rings. The second kappa shape index (κ2) is 8.12. The van der Waals surface area contributed by atoms with Gasteiger partial charge < -0.3 is 19.9 Å². The van der Waals surface area contributed by atoms with Crippen molar-refractivity contribution in [2.24, 2.45) is 5.92 Å². The van der Waals surface area contributed by atoms with Gasteiger partial charge in [0.25, 0.3) is 0 Å². The molecule has 0 aromatic carbocycles. The molecule has 6 nitrogen and oxygen atoms in total. The smallest absolute Gasteiger partial charge is 0.236 e. The Hall–Kier alpha value is -1.14. The highest BCUT2D eigenvalue weighted by molar-refractivity contribution is 5.80. The molecule has 0 aliphatic carbocycles. The van der Waals surface area contributed by atoms with Crippen LogP contribution in [0.1, 0.15) is 12.8 Å². The Morgan fingerprint density at radius 2 is 1.95 bits per heavy atom. The number of hydrogen-bond donors (Lipinski definition) is 1. The molecule has 1 heterocycles. The minimum absolute atomic E-state index is 0.0699. The van der Waals surface area contributed by atoms with Crippen molar-refractivity contribution in [2.45, 2.75) is 12.8 Å². The van der Waals surface area contributed by atoms with Gasteiger partial charge in [-0.1, -0.05) is 0 Å². The maximum Gasteiger partial charge on any atom is 0.236 e. The monoisotopic (exact) mass is 271 g/mol. The van der Waals surface area contributed by atoms with Crippen LogP contribution in [-0.2, 0) is 14.3 Å². The molecule has 0 unspecified atom stereocenters. The third kappa shape index (κ3) is 5.16. The van der Waals surface area contributed by atoms with Crippen LogP contribution in [0.15, 0.2) is 0 Å². The van der Waals surface area contributed by atoms with Gasteiger partial charge in [-0.05, 0) is 12.8 Å². The number of nitrogens with zero attached hydrogens (tertiary/aromatic N) is 2. The molecule has 0 aromatic heterocycles. The Kier molecular flexibility index (Phi) is 6.80. The molecule has 110 valence electrons. The second-order valence-electron chi connectivity index (χ2n) is 5.06. The zero-order valence-corrected chi connectivity index (χ0v) is 12.1. The number of carbonyl (C=O) groups is 2. The minimum Gasteiger partial charge on any atom is -0.383 e. The lowest BCUT2D eigenvalue weighted by Crippen LogP contribution is -2.45. The summed E-state index contributed by atoms with van der Waals surface area (Å²) in [6.07, 6.45) is 1.53. The normalized spacial score (nSPS) is 16.5. The molecule has 0 atom stereocenters. The average Bonchev–Trinajstić information content (AvgIpc) is 2.42. The van der Waals surface area contributed by atoms with Crippen molar-refractivity contribution in [2.75, 3.05) is 54.0 Å². The summed E-state index contributed by atoms with van der Waals surface area (Å²) in [6.45, 7) is 2.98. The predicted molar refractivity (Wildman–Crippen MR) is 72.7 cm³/mol. The number of ether oxygens (including phenoxy) is 1. The second-order valence-corrected chi connectivity index (χ2v) is 5.06. The average molecular weight is 271 g/mol. The van der Waals surface area contributed by atoms with Crippen LogP contribution < -0.4 is 5.32 Å². The van der Waals surface area contributed by atoms with Gasteiger partial charge in [-0.2, -0.15) is 0 Å². The SMILES string of the molecule is COCCNCC(=O)N1CCC(C(=O)N(C)C)CC1. The molecule has 1 saturated heterocycles. The molecule has 0 radical (unpaired) electrons. The lowest BCUT2D eigenvalue weighted by molar-refractivity contribution is -0.138. The van der Waals surface area contributed by atoms with E-state index in [1.54, 1.807) is 26.1 Å². The zero-order valence-electron chi connectivity index (χ0n) is 12.1. The third-order valence-corrected chi connectivity index (χ3v) is 3.40. The number of piperidine rings is 1. The van der Waals surface area contributed by atoms with Gasteiger partial charge in [-0.15, -0.1) is 0 Å². The van der Waals surface area contributed by atoms with E-state index in [4.69, 9.17) is 4.74 Å². The number of hydrogen-bond acceptors (Lipinski definition) is 4. The van der Waals surface area contributed by atoms with Gasteiger partial charge in [0, 0.05) is 46.8 Å². The highest BCUT2D eigenvalue weighted by atomic mass is 16.5. The number of amides is 2. The first-order valence-corrected chi connectivity index (χ1v) is 6.75. The number of carbonyl (C=O) groups excluding carboxylic acids is 2. The molecule has 0 saturated carbocycles. The van der Waals surface area contributed by atoms with Gasteiger partial charge in [0.05, 0.1) is 13.2 Å². The van der Waals surface area contributed by atoms with Crippen LogP contribution in [0.5, 0.6) is 0 Å². The third-order valence-electron chi connectivity index (χ3n) is 3.40. The van der Waals surface area contributed by atoms with Crippen molar-refractivity contribution in [1.29, 1.82) is 0 Å². The van der Waals surface area contributed by atoms with Gasteiger partial charge in [-0.25, -0.2) is 0 Å². The van der Waals surface area contributed by atoms with Crippen molar-refractivity contribution >= 4 is 11.8 Å². The van der Waals surface area contributed by atoms with E-state index in [1.165, 1.54) is 0 Å². The fourth-order valence-corrected chi connectivity index (χ4v) is 2.22. The van der Waals surface area contributed by atoms with E-state index >= 15 is 0 Å². The topological polar surface area (TPSA) is 61.9 Å². The molecule has 1 aliphatic rings. The van der Waals surface area contributed by atoms with Crippen LogP contribution in [-0.4, -0.2) is 75.6 Å². The summed E-state index contributed by atoms with van der Waals surface area (Å²) in [5.74, 6) is 0.345. The first kappa shape index (κ1) is 15.9. The molecule has 1 rings (SSSR count). The fraction of sp³-hybridized carbons (Fsp3) is 0.846. The van der Waals surface area contributed by atoms with E-state index < -0.39 is 0 Å². The van der Waals surface area contributed by atoms with Gasteiger partial charge >= 0.3 is 0 Å². The van der Waals surface area contributed by atoms with Crippen molar-refractivity contribution in [3.63, 3.8) is 0 Å². The summed E-state index contributed by atoms with van der Waals surface area (Å²) < 4.78 is 4.90. The van der Waals surface area contributed by atoms with Crippen LogP contribution in [0.4, 0.5) is 0 Å². The van der Waals surface area contributed by atoms with Gasteiger partial charge in [0.2, 0.25) is 11.8 Å². The summed E-state index contributed by atoms with van der Waals surface area (Å²) in [5.41, 5.74) is 0. The molecule has 19 heavy (non-hydrogen) atoms. The maximum atomic E-state index is 11.9. The quantitative estimate of drug-likeness (QED) is 0.665. The highest BCUT2D eigenvalue weighted by Gasteiger charge is 2.27. The molecule has 0 spiro atoms. The summed E-state index contributed by atoms with van der Waals surface area (Å²) in [7, 11) is 5.19. The summed E-state index contributed by atoms with van der Waals surface area (Å²) in [4.78, 5) is 27.2. The molecule has 2 amide bonds. The molecule has 1 N–H and O–H groups in total. The summed E-state index contributed by atoms with van der Waals surface area (Å²) in [5, 5.41) is 3.04. The highest BCUT2D eigenvalue weighted by Crippen LogP contribution is 2.18. The number of likely N-dealkylation sites (tertiary alicyclic amines) is 1. The molecular formula is C13H25N3O3. The Labute approximate surface area is 115 Å². The van der Waals surface area contributed by atoms with Crippen molar-refractivity contribution < 1.29 is 14.3 Å². The maximum absolute atomic E-state index is 11.9. The summed E-state index contributed by atoms with van der Waals surface area (Å²) >= 11 is 0. The first-order chi connectivity index (χ1) is 9.06. The fourth-order valence-electron chi connectivity index (χ4n) is 2.22. The van der Waals surface area contributed by atoms with Gasteiger partial charge in [-0.3, -0.25) is 9.59 Å². The van der Waals surface area contributed by atoms with E-state index in [0.717, 1.165) is 12.8 Å². The van der Waals surface area contributed by atoms with Gasteiger partial charge in [0.15, 0.2) is 0 Å². The van der Waals surface area contributed by atoms with Gasteiger partial charge in [0.1, 0.15) is 0 Å². The van der Waals surface area contributed by atoms with E-state index in [-0.39, 0.29) is 17.7 Å². The van der Waals surface area contributed by atoms with E-state index in [0.29, 0.717) is 32.8 Å². The lowest BCUT2D eigenvalue weighted by atomic mass is 9.95. The summed E-state index contributed by atoms with van der Waals surface area (Å²) in [6, 6.07) is 0. The van der Waals surface area contributed by atoms with Crippen LogP contribution in [0.2, 0.25) is 0 Å². The number of rotatable bonds is 6. The van der Waals surface area contributed by atoms with Crippen molar-refractivity contribution in [3.8, 4) is 0 Å². The Morgan fingerprint density at radius 1 is 1.32 bits per heavy atom. The molecular weight excluding hydrogens is 246 g/mol. The number of methoxy groups -OCH3 is 1. The lowest BCUT2D eigenvalue weighted by Gasteiger charge is -2.32. The largest absolute Gasteiger partial charge is 0.383 e. The molecule has 0 bridgehead atoms. The Balaban J connectivity index is 2.25. The standard InChI is InChI=1S/C13H25N3O3/c1-15(2)13(18)11-4-7-16(8-5-11)12(17)10-14-6-9-19-3/h11,14H,4-10H2,1-3H3. The van der Waals surface area contributed by atoms with E-state index in [2.05, 4.69) is 5.32 Å². The molecule has 6 heteroatoms. The van der Waals surface area contributed by atoms with Crippen LogP contribution in [0.3, 0.4) is 0 Å². The van der Waals surface area contributed by atoms with Crippen LogP contribution in [0, 0.1) is 5.92 Å².